The van der Waals surface area contributed by atoms with Crippen LogP contribution in [0.15, 0.2) is 78.1 Å². The minimum Gasteiger partial charge on any atom is -0.485 e. The monoisotopic (exact) mass is 465 g/mol. The standard InChI is InChI=1S/C23H20ClN5O2S/c1-16-8-5-6-12-19(16)31-14-20-27-28-23(29(20)17-9-3-2-4-10-17)32-15-21(30)26-18-11-7-13-25-22(18)24/h2-13H,14-15H2,1H3,(H,26,30). The summed E-state index contributed by atoms with van der Waals surface area (Å²) in [7, 11) is 0. The van der Waals surface area contributed by atoms with Gasteiger partial charge >= 0.3 is 0 Å². The zero-order valence-corrected chi connectivity index (χ0v) is 18.8. The molecule has 0 aliphatic heterocycles. The number of hydrogen-bond donors (Lipinski definition) is 1. The van der Waals surface area contributed by atoms with Crippen molar-refractivity contribution < 1.29 is 9.53 Å². The van der Waals surface area contributed by atoms with Crippen molar-refractivity contribution in [1.29, 1.82) is 0 Å². The fraction of sp³-hybridized carbons (Fsp3) is 0.130. The molecule has 162 valence electrons. The summed E-state index contributed by atoms with van der Waals surface area (Å²) in [6, 6.07) is 20.9. The first-order valence-corrected chi connectivity index (χ1v) is 11.2. The van der Waals surface area contributed by atoms with Crippen LogP contribution in [0.4, 0.5) is 5.69 Å². The van der Waals surface area contributed by atoms with Gasteiger partial charge in [-0.2, -0.15) is 0 Å². The van der Waals surface area contributed by atoms with E-state index in [1.807, 2.05) is 66.1 Å². The molecule has 0 unspecified atom stereocenters. The summed E-state index contributed by atoms with van der Waals surface area (Å²) < 4.78 is 7.88. The normalized spacial score (nSPS) is 10.7. The number of ether oxygens (including phenoxy) is 1. The minimum absolute atomic E-state index is 0.134. The van der Waals surface area contributed by atoms with Crippen molar-refractivity contribution in [3.8, 4) is 11.4 Å². The molecule has 32 heavy (non-hydrogen) atoms. The van der Waals surface area contributed by atoms with Crippen molar-refractivity contribution in [3.05, 3.63) is 89.5 Å². The highest BCUT2D eigenvalue weighted by molar-refractivity contribution is 7.99. The van der Waals surface area contributed by atoms with Crippen molar-refractivity contribution in [2.24, 2.45) is 0 Å². The largest absolute Gasteiger partial charge is 0.485 e. The van der Waals surface area contributed by atoms with Gasteiger partial charge in [0.2, 0.25) is 5.91 Å². The first-order valence-electron chi connectivity index (χ1n) is 9.83. The molecule has 1 N–H and O–H groups in total. The molecule has 0 fully saturated rings. The molecule has 7 nitrogen and oxygen atoms in total. The Morgan fingerprint density at radius 3 is 2.62 bits per heavy atom. The summed E-state index contributed by atoms with van der Waals surface area (Å²) >= 11 is 7.30. The van der Waals surface area contributed by atoms with E-state index in [-0.39, 0.29) is 23.4 Å². The van der Waals surface area contributed by atoms with Gasteiger partial charge in [0.05, 0.1) is 11.4 Å². The third-order valence-electron chi connectivity index (χ3n) is 4.53. The molecule has 9 heteroatoms. The van der Waals surface area contributed by atoms with Crippen molar-refractivity contribution in [2.45, 2.75) is 18.7 Å². The Kier molecular flexibility index (Phi) is 7.03. The van der Waals surface area contributed by atoms with Crippen LogP contribution in [-0.4, -0.2) is 31.4 Å². The van der Waals surface area contributed by atoms with Crippen LogP contribution in [0.3, 0.4) is 0 Å². The quantitative estimate of drug-likeness (QED) is 0.293. The molecule has 0 aliphatic carbocycles. The highest BCUT2D eigenvalue weighted by atomic mass is 35.5. The van der Waals surface area contributed by atoms with Gasteiger partial charge < -0.3 is 10.1 Å². The molecule has 4 aromatic rings. The highest BCUT2D eigenvalue weighted by Gasteiger charge is 2.17. The zero-order valence-electron chi connectivity index (χ0n) is 17.2. The number of anilines is 1. The van der Waals surface area contributed by atoms with Crippen molar-refractivity contribution >= 4 is 35.0 Å². The van der Waals surface area contributed by atoms with Gasteiger partial charge in [-0.3, -0.25) is 9.36 Å². The maximum atomic E-state index is 12.4. The number of aryl methyl sites for hydroxylation is 1. The van der Waals surface area contributed by atoms with Gasteiger partial charge in [-0.15, -0.1) is 10.2 Å². The Bertz CT molecular complexity index is 1220. The van der Waals surface area contributed by atoms with Crippen LogP contribution in [0.1, 0.15) is 11.4 Å². The van der Waals surface area contributed by atoms with Gasteiger partial charge in [0.1, 0.15) is 12.4 Å². The Hall–Kier alpha value is -3.36. The molecule has 4 rings (SSSR count). The molecule has 0 radical (unpaired) electrons. The Balaban J connectivity index is 1.51. The number of para-hydroxylation sites is 2. The van der Waals surface area contributed by atoms with Gasteiger partial charge in [-0.05, 0) is 42.8 Å². The summed E-state index contributed by atoms with van der Waals surface area (Å²) in [6.45, 7) is 2.23. The number of benzene rings is 2. The number of nitrogens with zero attached hydrogens (tertiary/aromatic N) is 4. The van der Waals surface area contributed by atoms with E-state index in [0.29, 0.717) is 16.7 Å². The van der Waals surface area contributed by atoms with Crippen LogP contribution in [0.25, 0.3) is 5.69 Å². The van der Waals surface area contributed by atoms with Crippen molar-refractivity contribution in [2.75, 3.05) is 11.1 Å². The second kappa shape index (κ2) is 10.3. The zero-order chi connectivity index (χ0) is 22.3. The van der Waals surface area contributed by atoms with Crippen LogP contribution < -0.4 is 10.1 Å². The number of halogens is 1. The molecule has 0 saturated carbocycles. The van der Waals surface area contributed by atoms with Crippen LogP contribution in [0.5, 0.6) is 5.75 Å². The molecule has 2 aromatic heterocycles. The lowest BCUT2D eigenvalue weighted by Gasteiger charge is -2.12. The summed E-state index contributed by atoms with van der Waals surface area (Å²) in [5, 5.41) is 12.2. The maximum Gasteiger partial charge on any atom is 0.234 e. The molecule has 0 bridgehead atoms. The number of nitrogens with one attached hydrogen (secondary N) is 1. The number of aromatic nitrogens is 4. The summed E-state index contributed by atoms with van der Waals surface area (Å²) in [6.07, 6.45) is 1.57. The van der Waals surface area contributed by atoms with Gasteiger partial charge in [-0.1, -0.05) is 59.8 Å². The molecule has 1 amide bonds. The van der Waals surface area contributed by atoms with Crippen LogP contribution >= 0.6 is 23.4 Å². The lowest BCUT2D eigenvalue weighted by atomic mass is 10.2. The first-order chi connectivity index (χ1) is 15.6. The Labute approximate surface area is 194 Å². The number of carbonyl (C=O) groups is 1. The summed E-state index contributed by atoms with van der Waals surface area (Å²) in [4.78, 5) is 16.4. The van der Waals surface area contributed by atoms with E-state index in [4.69, 9.17) is 16.3 Å². The predicted octanol–water partition coefficient (Wildman–Crippen LogP) is 4.93. The SMILES string of the molecule is Cc1ccccc1OCc1nnc(SCC(=O)Nc2cccnc2Cl)n1-c1ccccc1. The number of amides is 1. The van der Waals surface area contributed by atoms with E-state index in [9.17, 15) is 4.79 Å². The van der Waals surface area contributed by atoms with Gasteiger partial charge in [0, 0.05) is 11.9 Å². The molecule has 0 aliphatic rings. The third-order valence-corrected chi connectivity index (χ3v) is 5.76. The average molecular weight is 466 g/mol. The third kappa shape index (κ3) is 5.27. The molecular formula is C23H20ClN5O2S. The number of rotatable bonds is 8. The molecule has 0 saturated heterocycles. The molecule has 0 atom stereocenters. The van der Waals surface area contributed by atoms with Crippen molar-refractivity contribution in [1.82, 2.24) is 19.7 Å². The van der Waals surface area contributed by atoms with Crippen LogP contribution in [0.2, 0.25) is 5.15 Å². The van der Waals surface area contributed by atoms with Crippen molar-refractivity contribution in [3.63, 3.8) is 0 Å². The topological polar surface area (TPSA) is 81.9 Å². The van der Waals surface area contributed by atoms with E-state index < -0.39 is 0 Å². The van der Waals surface area contributed by atoms with E-state index in [2.05, 4.69) is 20.5 Å². The lowest BCUT2D eigenvalue weighted by Crippen LogP contribution is -2.15. The number of hydrogen-bond acceptors (Lipinski definition) is 6. The molecule has 2 aromatic carbocycles. The fourth-order valence-electron chi connectivity index (χ4n) is 2.98. The molecular weight excluding hydrogens is 446 g/mol. The maximum absolute atomic E-state index is 12.4. The number of carbonyl (C=O) groups excluding carboxylic acids is 1. The Morgan fingerprint density at radius 2 is 1.84 bits per heavy atom. The van der Waals surface area contributed by atoms with Gasteiger partial charge in [0.15, 0.2) is 16.1 Å². The summed E-state index contributed by atoms with van der Waals surface area (Å²) in [5.74, 6) is 1.34. The van der Waals surface area contributed by atoms with E-state index in [1.54, 1.807) is 18.3 Å². The second-order valence-corrected chi connectivity index (χ2v) is 8.10. The van der Waals surface area contributed by atoms with E-state index in [0.717, 1.165) is 17.0 Å². The van der Waals surface area contributed by atoms with Crippen LogP contribution in [0, 0.1) is 6.92 Å². The number of thioether (sulfide) groups is 1. The summed E-state index contributed by atoms with van der Waals surface area (Å²) in [5.41, 5.74) is 2.40. The van der Waals surface area contributed by atoms with Gasteiger partial charge in [0.25, 0.3) is 0 Å². The van der Waals surface area contributed by atoms with E-state index in [1.165, 1.54) is 11.8 Å². The Morgan fingerprint density at radius 1 is 1.06 bits per heavy atom. The highest BCUT2D eigenvalue weighted by Crippen LogP contribution is 2.25. The van der Waals surface area contributed by atoms with Crippen LogP contribution in [-0.2, 0) is 11.4 Å². The first kappa shape index (κ1) is 21.9. The second-order valence-electron chi connectivity index (χ2n) is 6.80. The average Bonchev–Trinajstić information content (AvgIpc) is 3.22. The molecule has 2 heterocycles. The number of pyridine rings is 1. The van der Waals surface area contributed by atoms with E-state index >= 15 is 0 Å². The smallest absolute Gasteiger partial charge is 0.234 e. The predicted molar refractivity (Wildman–Crippen MR) is 125 cm³/mol. The minimum atomic E-state index is -0.217. The lowest BCUT2D eigenvalue weighted by molar-refractivity contribution is -0.113. The fourth-order valence-corrected chi connectivity index (χ4v) is 3.92. The van der Waals surface area contributed by atoms with Gasteiger partial charge in [-0.25, -0.2) is 4.98 Å². The molecule has 0 spiro atoms.